The molecular weight excluding hydrogens is 262 g/mol. The van der Waals surface area contributed by atoms with Gasteiger partial charge < -0.3 is 4.74 Å². The SMILES string of the molecule is O=S(=O)(Cl)c1ccc(OCC2CCCC2)nc1. The van der Waals surface area contributed by atoms with Crippen molar-refractivity contribution >= 4 is 19.7 Å². The molecule has 4 nitrogen and oxygen atoms in total. The standard InChI is InChI=1S/C11H14ClNO3S/c12-17(14,15)10-5-6-11(13-7-10)16-8-9-3-1-2-4-9/h5-7,9H,1-4,8H2. The third-order valence-electron chi connectivity index (χ3n) is 2.93. The van der Waals surface area contributed by atoms with Crippen molar-refractivity contribution < 1.29 is 13.2 Å². The zero-order valence-electron chi connectivity index (χ0n) is 9.30. The Labute approximate surface area is 105 Å². The van der Waals surface area contributed by atoms with Crippen LogP contribution in [0.3, 0.4) is 0 Å². The molecule has 94 valence electrons. The van der Waals surface area contributed by atoms with E-state index in [1.807, 2.05) is 0 Å². The number of hydrogen-bond donors (Lipinski definition) is 0. The van der Waals surface area contributed by atoms with Crippen LogP contribution < -0.4 is 4.74 Å². The van der Waals surface area contributed by atoms with Crippen molar-refractivity contribution in [2.45, 2.75) is 30.6 Å². The lowest BCUT2D eigenvalue weighted by molar-refractivity contribution is 0.243. The van der Waals surface area contributed by atoms with E-state index in [0.717, 1.165) is 0 Å². The van der Waals surface area contributed by atoms with Crippen molar-refractivity contribution in [3.05, 3.63) is 18.3 Å². The second kappa shape index (κ2) is 5.23. The third-order valence-corrected chi connectivity index (χ3v) is 4.27. The number of halogens is 1. The smallest absolute Gasteiger partial charge is 0.262 e. The minimum Gasteiger partial charge on any atom is -0.477 e. The van der Waals surface area contributed by atoms with E-state index in [0.29, 0.717) is 18.4 Å². The van der Waals surface area contributed by atoms with Crippen LogP contribution in [0, 0.1) is 5.92 Å². The lowest BCUT2D eigenvalue weighted by Gasteiger charge is -2.10. The van der Waals surface area contributed by atoms with Crippen molar-refractivity contribution in [1.82, 2.24) is 4.98 Å². The topological polar surface area (TPSA) is 56.3 Å². The number of aromatic nitrogens is 1. The summed E-state index contributed by atoms with van der Waals surface area (Å²) < 4.78 is 27.5. The summed E-state index contributed by atoms with van der Waals surface area (Å²) in [5.74, 6) is 1.05. The number of ether oxygens (including phenoxy) is 1. The summed E-state index contributed by atoms with van der Waals surface area (Å²) in [6, 6.07) is 2.93. The van der Waals surface area contributed by atoms with Gasteiger partial charge in [-0.15, -0.1) is 0 Å². The van der Waals surface area contributed by atoms with Crippen LogP contribution in [-0.4, -0.2) is 20.0 Å². The van der Waals surface area contributed by atoms with Crippen LogP contribution in [0.1, 0.15) is 25.7 Å². The minimum atomic E-state index is -3.70. The average Bonchev–Trinajstić information content (AvgIpc) is 2.78. The highest BCUT2D eigenvalue weighted by Gasteiger charge is 2.16. The molecule has 0 radical (unpaired) electrons. The lowest BCUT2D eigenvalue weighted by atomic mass is 10.1. The van der Waals surface area contributed by atoms with Crippen LogP contribution >= 0.6 is 10.7 Å². The van der Waals surface area contributed by atoms with Gasteiger partial charge >= 0.3 is 0 Å². The van der Waals surface area contributed by atoms with E-state index in [2.05, 4.69) is 4.98 Å². The third kappa shape index (κ3) is 3.57. The molecule has 1 aliphatic carbocycles. The van der Waals surface area contributed by atoms with E-state index >= 15 is 0 Å². The highest BCUT2D eigenvalue weighted by atomic mass is 35.7. The van der Waals surface area contributed by atoms with Crippen molar-refractivity contribution in [2.24, 2.45) is 5.92 Å². The zero-order valence-corrected chi connectivity index (χ0v) is 10.9. The van der Waals surface area contributed by atoms with Crippen LogP contribution in [-0.2, 0) is 9.05 Å². The van der Waals surface area contributed by atoms with Crippen LogP contribution in [0.15, 0.2) is 23.2 Å². The van der Waals surface area contributed by atoms with Gasteiger partial charge in [0, 0.05) is 16.7 Å². The summed E-state index contributed by atoms with van der Waals surface area (Å²) in [4.78, 5) is 3.91. The molecule has 0 spiro atoms. The summed E-state index contributed by atoms with van der Waals surface area (Å²) >= 11 is 0. The molecule has 6 heteroatoms. The molecule has 1 aromatic rings. The molecule has 0 atom stereocenters. The van der Waals surface area contributed by atoms with Gasteiger partial charge in [-0.1, -0.05) is 12.8 Å². The molecule has 1 saturated carbocycles. The Balaban J connectivity index is 1.94. The Hall–Kier alpha value is -0.810. The van der Waals surface area contributed by atoms with Gasteiger partial charge in [-0.2, -0.15) is 0 Å². The maximum atomic E-state index is 11.0. The highest BCUT2D eigenvalue weighted by Crippen LogP contribution is 2.25. The molecule has 0 unspecified atom stereocenters. The van der Waals surface area contributed by atoms with Gasteiger partial charge in [-0.3, -0.25) is 0 Å². The van der Waals surface area contributed by atoms with Gasteiger partial charge in [0.2, 0.25) is 5.88 Å². The van der Waals surface area contributed by atoms with Gasteiger partial charge in [0.25, 0.3) is 9.05 Å². The average molecular weight is 276 g/mol. The molecule has 1 aromatic heterocycles. The molecule has 1 heterocycles. The van der Waals surface area contributed by atoms with E-state index < -0.39 is 9.05 Å². The Morgan fingerprint density at radius 3 is 2.59 bits per heavy atom. The Bertz CT molecular complexity index is 466. The number of pyridine rings is 1. The predicted octanol–water partition coefficient (Wildman–Crippen LogP) is 2.58. The summed E-state index contributed by atoms with van der Waals surface area (Å²) in [5, 5.41) is 0. The highest BCUT2D eigenvalue weighted by molar-refractivity contribution is 8.13. The van der Waals surface area contributed by atoms with E-state index in [-0.39, 0.29) is 4.90 Å². The van der Waals surface area contributed by atoms with Gasteiger partial charge in [0.1, 0.15) is 4.90 Å². The van der Waals surface area contributed by atoms with E-state index in [1.165, 1.54) is 44.0 Å². The lowest BCUT2D eigenvalue weighted by Crippen LogP contribution is -2.08. The summed E-state index contributed by atoms with van der Waals surface area (Å²) in [6.45, 7) is 0.653. The number of nitrogens with zero attached hydrogens (tertiary/aromatic N) is 1. The van der Waals surface area contributed by atoms with Gasteiger partial charge in [0.05, 0.1) is 12.8 Å². The first-order valence-electron chi connectivity index (χ1n) is 5.59. The van der Waals surface area contributed by atoms with Crippen molar-refractivity contribution in [2.75, 3.05) is 6.61 Å². The molecule has 1 fully saturated rings. The van der Waals surface area contributed by atoms with Crippen molar-refractivity contribution in [3.63, 3.8) is 0 Å². The first kappa shape index (κ1) is 12.6. The molecule has 0 aliphatic heterocycles. The first-order valence-corrected chi connectivity index (χ1v) is 7.90. The molecule has 0 N–H and O–H groups in total. The van der Waals surface area contributed by atoms with Crippen LogP contribution in [0.2, 0.25) is 0 Å². The molecule has 17 heavy (non-hydrogen) atoms. The molecule has 0 bridgehead atoms. The Kier molecular flexibility index (Phi) is 3.89. The molecule has 0 saturated heterocycles. The maximum absolute atomic E-state index is 11.0. The van der Waals surface area contributed by atoms with Crippen LogP contribution in [0.4, 0.5) is 0 Å². The fourth-order valence-corrected chi connectivity index (χ4v) is 2.66. The molecule has 0 amide bonds. The normalized spacial score (nSPS) is 17.2. The molecular formula is C11H14ClNO3S. The predicted molar refractivity (Wildman–Crippen MR) is 64.7 cm³/mol. The van der Waals surface area contributed by atoms with Crippen molar-refractivity contribution in [1.29, 1.82) is 0 Å². The largest absolute Gasteiger partial charge is 0.477 e. The summed E-state index contributed by atoms with van der Waals surface area (Å²) in [6.07, 6.45) is 6.16. The molecule has 0 aromatic carbocycles. The fourth-order valence-electron chi connectivity index (χ4n) is 1.98. The molecule has 1 aliphatic rings. The van der Waals surface area contributed by atoms with Gasteiger partial charge in [-0.05, 0) is 24.8 Å². The van der Waals surface area contributed by atoms with E-state index in [4.69, 9.17) is 15.4 Å². The Morgan fingerprint density at radius 2 is 2.06 bits per heavy atom. The monoisotopic (exact) mass is 275 g/mol. The summed E-state index contributed by atoms with van der Waals surface area (Å²) in [7, 11) is 1.49. The number of rotatable bonds is 4. The molecule has 2 rings (SSSR count). The van der Waals surface area contributed by atoms with E-state index in [9.17, 15) is 8.42 Å². The van der Waals surface area contributed by atoms with Gasteiger partial charge in [0.15, 0.2) is 0 Å². The second-order valence-corrected chi connectivity index (χ2v) is 6.80. The zero-order chi connectivity index (χ0) is 12.3. The van der Waals surface area contributed by atoms with Gasteiger partial charge in [-0.25, -0.2) is 13.4 Å². The first-order chi connectivity index (χ1) is 8.05. The van der Waals surface area contributed by atoms with Crippen LogP contribution in [0.25, 0.3) is 0 Å². The quantitative estimate of drug-likeness (QED) is 0.793. The summed E-state index contributed by atoms with van der Waals surface area (Å²) in [5.41, 5.74) is 0. The second-order valence-electron chi connectivity index (χ2n) is 4.23. The maximum Gasteiger partial charge on any atom is 0.262 e. The van der Waals surface area contributed by atoms with E-state index in [1.54, 1.807) is 0 Å². The fraction of sp³-hybridized carbons (Fsp3) is 0.545. The number of hydrogen-bond acceptors (Lipinski definition) is 4. The Morgan fingerprint density at radius 1 is 1.35 bits per heavy atom. The minimum absolute atomic E-state index is 0.00705. The van der Waals surface area contributed by atoms with Crippen LogP contribution in [0.5, 0.6) is 5.88 Å². The van der Waals surface area contributed by atoms with Crippen molar-refractivity contribution in [3.8, 4) is 5.88 Å².